The first-order valence-electron chi connectivity index (χ1n) is 8.82. The van der Waals surface area contributed by atoms with Crippen LogP contribution < -0.4 is 4.87 Å². The van der Waals surface area contributed by atoms with Crippen LogP contribution in [0.2, 0.25) is 5.02 Å². The molecule has 1 saturated heterocycles. The van der Waals surface area contributed by atoms with Gasteiger partial charge in [-0.3, -0.25) is 23.7 Å². The van der Waals surface area contributed by atoms with Gasteiger partial charge >= 0.3 is 16.8 Å². The van der Waals surface area contributed by atoms with Crippen LogP contribution in [0.25, 0.3) is 10.2 Å². The van der Waals surface area contributed by atoms with Gasteiger partial charge in [0.2, 0.25) is 5.91 Å². The SMILES string of the molecule is O=C(O)CCC(=O)OC1CCN(C(=O)Cn2c(=O)sc3cccc(Cl)c32)CC1. The van der Waals surface area contributed by atoms with Gasteiger partial charge in [0.15, 0.2) is 0 Å². The van der Waals surface area contributed by atoms with Crippen molar-refractivity contribution in [2.75, 3.05) is 13.1 Å². The maximum Gasteiger partial charge on any atom is 0.308 e. The molecule has 1 aliphatic rings. The number of amides is 1. The van der Waals surface area contributed by atoms with E-state index < -0.39 is 11.9 Å². The highest BCUT2D eigenvalue weighted by atomic mass is 35.5. The molecule has 10 heteroatoms. The third kappa shape index (κ3) is 4.71. The molecule has 0 atom stereocenters. The first-order valence-corrected chi connectivity index (χ1v) is 10.0. The van der Waals surface area contributed by atoms with E-state index in [2.05, 4.69) is 0 Å². The maximum absolute atomic E-state index is 12.6. The summed E-state index contributed by atoms with van der Waals surface area (Å²) in [6.45, 7) is 0.714. The molecule has 150 valence electrons. The summed E-state index contributed by atoms with van der Waals surface area (Å²) in [7, 11) is 0. The van der Waals surface area contributed by atoms with E-state index in [-0.39, 0.29) is 36.3 Å². The van der Waals surface area contributed by atoms with Crippen molar-refractivity contribution in [1.29, 1.82) is 0 Å². The first kappa shape index (κ1) is 20.3. The summed E-state index contributed by atoms with van der Waals surface area (Å²) in [5.41, 5.74) is 0.565. The van der Waals surface area contributed by atoms with E-state index in [4.69, 9.17) is 21.4 Å². The number of piperidine rings is 1. The molecule has 1 aliphatic heterocycles. The minimum absolute atomic E-state index is 0.0916. The summed E-state index contributed by atoms with van der Waals surface area (Å²) in [4.78, 5) is 48.4. The fourth-order valence-electron chi connectivity index (χ4n) is 3.14. The smallest absolute Gasteiger partial charge is 0.308 e. The molecule has 3 rings (SSSR count). The van der Waals surface area contributed by atoms with Gasteiger partial charge in [-0.2, -0.15) is 0 Å². The number of aromatic nitrogens is 1. The molecule has 2 aromatic rings. The van der Waals surface area contributed by atoms with Gasteiger partial charge in [0.05, 0.1) is 28.1 Å². The van der Waals surface area contributed by atoms with Crippen LogP contribution in [0.4, 0.5) is 0 Å². The largest absolute Gasteiger partial charge is 0.481 e. The fourth-order valence-corrected chi connectivity index (χ4v) is 4.39. The van der Waals surface area contributed by atoms with E-state index in [9.17, 15) is 19.2 Å². The Labute approximate surface area is 169 Å². The summed E-state index contributed by atoms with van der Waals surface area (Å²) in [5.74, 6) is -1.79. The van der Waals surface area contributed by atoms with Crippen LogP contribution in [-0.4, -0.2) is 51.6 Å². The molecule has 1 N–H and O–H groups in total. The lowest BCUT2D eigenvalue weighted by Gasteiger charge is -2.31. The Balaban J connectivity index is 1.56. The lowest BCUT2D eigenvalue weighted by atomic mass is 10.1. The predicted molar refractivity (Wildman–Crippen MR) is 104 cm³/mol. The highest BCUT2D eigenvalue weighted by Gasteiger charge is 2.26. The van der Waals surface area contributed by atoms with Gasteiger partial charge in [0, 0.05) is 25.9 Å². The number of likely N-dealkylation sites (tertiary alicyclic amines) is 1. The molecule has 1 aromatic heterocycles. The average Bonchev–Trinajstić information content (AvgIpc) is 2.97. The summed E-state index contributed by atoms with van der Waals surface area (Å²) in [6.07, 6.45) is 0.199. The van der Waals surface area contributed by atoms with Gasteiger partial charge in [0.1, 0.15) is 12.6 Å². The molecule has 0 radical (unpaired) electrons. The molecule has 0 saturated carbocycles. The number of fused-ring (bicyclic) bond motifs is 1. The maximum atomic E-state index is 12.6. The minimum atomic E-state index is -1.05. The number of halogens is 1. The second-order valence-corrected chi connectivity index (χ2v) is 7.90. The number of hydrogen-bond acceptors (Lipinski definition) is 6. The van der Waals surface area contributed by atoms with Crippen LogP contribution in [0, 0.1) is 0 Å². The Morgan fingerprint density at radius 2 is 1.93 bits per heavy atom. The van der Waals surface area contributed by atoms with Crippen LogP contribution in [0.5, 0.6) is 0 Å². The molecule has 8 nitrogen and oxygen atoms in total. The number of para-hydroxylation sites is 1. The normalized spacial score (nSPS) is 15.0. The Morgan fingerprint density at radius 1 is 1.21 bits per heavy atom. The van der Waals surface area contributed by atoms with E-state index >= 15 is 0 Å². The van der Waals surface area contributed by atoms with Gasteiger partial charge < -0.3 is 14.7 Å². The summed E-state index contributed by atoms with van der Waals surface area (Å²) in [6, 6.07) is 5.23. The summed E-state index contributed by atoms with van der Waals surface area (Å²) >= 11 is 7.24. The Hall–Kier alpha value is -2.39. The molecule has 0 bridgehead atoms. The lowest BCUT2D eigenvalue weighted by molar-refractivity contribution is -0.154. The molecule has 2 heterocycles. The zero-order valence-electron chi connectivity index (χ0n) is 14.9. The minimum Gasteiger partial charge on any atom is -0.481 e. The average molecular weight is 427 g/mol. The lowest BCUT2D eigenvalue weighted by Crippen LogP contribution is -2.43. The van der Waals surface area contributed by atoms with Crippen LogP contribution >= 0.6 is 22.9 Å². The number of carbonyl (C=O) groups is 3. The number of nitrogens with zero attached hydrogens (tertiary/aromatic N) is 2. The molecule has 1 aromatic carbocycles. The van der Waals surface area contributed by atoms with Gasteiger partial charge in [-0.15, -0.1) is 0 Å². The third-order valence-electron chi connectivity index (χ3n) is 4.57. The van der Waals surface area contributed by atoms with Gasteiger partial charge in [0.25, 0.3) is 0 Å². The van der Waals surface area contributed by atoms with Crippen molar-refractivity contribution in [1.82, 2.24) is 9.47 Å². The van der Waals surface area contributed by atoms with Crippen molar-refractivity contribution in [2.45, 2.75) is 38.3 Å². The van der Waals surface area contributed by atoms with Crippen molar-refractivity contribution in [3.8, 4) is 0 Å². The highest BCUT2D eigenvalue weighted by molar-refractivity contribution is 7.16. The number of ether oxygens (including phenoxy) is 1. The Kier molecular flexibility index (Phi) is 6.35. The fraction of sp³-hybridized carbons (Fsp3) is 0.444. The number of carbonyl (C=O) groups excluding carboxylic acids is 2. The number of benzene rings is 1. The van der Waals surface area contributed by atoms with E-state index in [1.165, 1.54) is 4.57 Å². The number of carboxylic acids is 1. The molecular formula is C18H19ClN2O6S. The topological polar surface area (TPSA) is 106 Å². The molecule has 28 heavy (non-hydrogen) atoms. The van der Waals surface area contributed by atoms with Crippen LogP contribution in [0.15, 0.2) is 23.0 Å². The van der Waals surface area contributed by atoms with Gasteiger partial charge in [-0.25, -0.2) is 0 Å². The quantitative estimate of drug-likeness (QED) is 0.709. The van der Waals surface area contributed by atoms with Gasteiger partial charge in [-0.05, 0) is 12.1 Å². The van der Waals surface area contributed by atoms with Crippen LogP contribution in [0.3, 0.4) is 0 Å². The van der Waals surface area contributed by atoms with Crippen molar-refractivity contribution in [3.05, 3.63) is 32.9 Å². The summed E-state index contributed by atoms with van der Waals surface area (Å²) < 4.78 is 7.38. The number of esters is 1. The number of carboxylic acid groups (broad SMARTS) is 1. The first-order chi connectivity index (χ1) is 13.3. The Bertz CT molecular complexity index is 961. The number of aliphatic carboxylic acids is 1. The summed E-state index contributed by atoms with van der Waals surface area (Å²) in [5, 5.41) is 9.02. The van der Waals surface area contributed by atoms with Crippen molar-refractivity contribution in [2.24, 2.45) is 0 Å². The van der Waals surface area contributed by atoms with Gasteiger partial charge in [-0.1, -0.05) is 29.0 Å². The molecule has 1 fully saturated rings. The van der Waals surface area contributed by atoms with E-state index in [1.807, 2.05) is 0 Å². The molecule has 0 unspecified atom stereocenters. The number of rotatable bonds is 6. The molecule has 0 spiro atoms. The van der Waals surface area contributed by atoms with E-state index in [0.717, 1.165) is 16.0 Å². The van der Waals surface area contributed by atoms with Crippen LogP contribution in [-0.2, 0) is 25.7 Å². The predicted octanol–water partition coefficient (Wildman–Crippen LogP) is 2.12. The number of hydrogen-bond donors (Lipinski definition) is 1. The van der Waals surface area contributed by atoms with E-state index in [0.29, 0.717) is 36.5 Å². The molecule has 1 amide bonds. The molecular weight excluding hydrogens is 408 g/mol. The Morgan fingerprint density at radius 3 is 2.61 bits per heavy atom. The second kappa shape index (κ2) is 8.74. The number of thiazole rings is 1. The van der Waals surface area contributed by atoms with Crippen LogP contribution in [0.1, 0.15) is 25.7 Å². The van der Waals surface area contributed by atoms with Crippen molar-refractivity contribution >= 4 is 51.0 Å². The highest BCUT2D eigenvalue weighted by Crippen LogP contribution is 2.25. The zero-order valence-corrected chi connectivity index (χ0v) is 16.5. The monoisotopic (exact) mass is 426 g/mol. The standard InChI is InChI=1S/C18H19ClN2O6S/c19-12-2-1-3-13-17(12)21(18(26)28-13)10-14(22)20-8-6-11(7-9-20)27-16(25)5-4-15(23)24/h1-3,11H,4-10H2,(H,23,24). The second-order valence-electron chi connectivity index (χ2n) is 6.50. The van der Waals surface area contributed by atoms with Crippen molar-refractivity contribution < 1.29 is 24.2 Å². The third-order valence-corrected chi connectivity index (χ3v) is 5.82. The van der Waals surface area contributed by atoms with Crippen molar-refractivity contribution in [3.63, 3.8) is 0 Å². The molecule has 0 aliphatic carbocycles. The van der Waals surface area contributed by atoms with E-state index in [1.54, 1.807) is 23.1 Å². The zero-order chi connectivity index (χ0) is 20.3.